The van der Waals surface area contributed by atoms with E-state index in [9.17, 15) is 4.79 Å². The Bertz CT molecular complexity index is 706. The number of ketones is 1. The van der Waals surface area contributed by atoms with Crippen LogP contribution in [0.25, 0.3) is 11.1 Å². The first kappa shape index (κ1) is 11.8. The zero-order valence-electron chi connectivity index (χ0n) is 11.6. The first-order chi connectivity index (χ1) is 9.73. The van der Waals surface area contributed by atoms with Gasteiger partial charge in [0, 0.05) is 24.1 Å². The highest BCUT2D eigenvalue weighted by Gasteiger charge is 2.50. The van der Waals surface area contributed by atoms with Crippen molar-refractivity contribution < 1.29 is 4.79 Å². The topological polar surface area (TPSA) is 30.0 Å². The first-order valence-electron chi connectivity index (χ1n) is 7.31. The Kier molecular flexibility index (Phi) is 2.38. The van der Waals surface area contributed by atoms with Crippen LogP contribution in [-0.2, 0) is 10.2 Å². The normalized spacial score (nSPS) is 27.4. The van der Waals surface area contributed by atoms with Crippen LogP contribution in [0.3, 0.4) is 0 Å². The van der Waals surface area contributed by atoms with Gasteiger partial charge >= 0.3 is 0 Å². The second-order valence-electron chi connectivity index (χ2n) is 6.05. The van der Waals surface area contributed by atoms with Crippen molar-refractivity contribution in [1.29, 1.82) is 0 Å². The highest BCUT2D eigenvalue weighted by molar-refractivity contribution is 5.96. The molecule has 20 heavy (non-hydrogen) atoms. The number of pyridine rings is 1. The number of hydrogen-bond donors (Lipinski definition) is 0. The van der Waals surface area contributed by atoms with Crippen LogP contribution in [0.2, 0.25) is 0 Å². The highest BCUT2D eigenvalue weighted by atomic mass is 16.1. The third-order valence-electron chi connectivity index (χ3n) is 5.12. The summed E-state index contributed by atoms with van der Waals surface area (Å²) in [6.07, 6.45) is 4.59. The fourth-order valence-electron chi connectivity index (χ4n) is 4.05. The molecule has 0 unspecified atom stereocenters. The lowest BCUT2D eigenvalue weighted by Crippen LogP contribution is -2.44. The Labute approximate surface area is 118 Å². The summed E-state index contributed by atoms with van der Waals surface area (Å²) in [6, 6.07) is 12.5. The fourth-order valence-corrected chi connectivity index (χ4v) is 4.05. The van der Waals surface area contributed by atoms with Crippen LogP contribution in [0.5, 0.6) is 0 Å². The lowest BCUT2D eigenvalue weighted by molar-refractivity contribution is -0.126. The van der Waals surface area contributed by atoms with Crippen LogP contribution in [0.15, 0.2) is 42.6 Å². The molecule has 1 aromatic carbocycles. The summed E-state index contributed by atoms with van der Waals surface area (Å²) in [5.74, 6) is 0.604. The van der Waals surface area contributed by atoms with Gasteiger partial charge in [-0.05, 0) is 37.0 Å². The van der Waals surface area contributed by atoms with Crippen molar-refractivity contribution in [2.24, 2.45) is 0 Å². The maximum absolute atomic E-state index is 12.7. The van der Waals surface area contributed by atoms with Crippen molar-refractivity contribution in [1.82, 2.24) is 4.98 Å². The zero-order valence-corrected chi connectivity index (χ0v) is 11.6. The van der Waals surface area contributed by atoms with Gasteiger partial charge in [0.2, 0.25) is 0 Å². The molecule has 2 aliphatic rings. The SMILES string of the molecule is C[C@@]12C(=O)CCC[C@@H]1c1ncccc1-c1ccccc12. The minimum absolute atomic E-state index is 0.231. The molecule has 0 spiro atoms. The smallest absolute Gasteiger partial charge is 0.143 e. The molecule has 1 heterocycles. The average Bonchev–Trinajstić information content (AvgIpc) is 2.50. The van der Waals surface area contributed by atoms with E-state index in [1.54, 1.807) is 0 Å². The number of fused-ring (bicyclic) bond motifs is 6. The first-order valence-corrected chi connectivity index (χ1v) is 7.31. The quantitative estimate of drug-likeness (QED) is 0.722. The van der Waals surface area contributed by atoms with Gasteiger partial charge < -0.3 is 0 Å². The van der Waals surface area contributed by atoms with Gasteiger partial charge in [-0.25, -0.2) is 0 Å². The lowest BCUT2D eigenvalue weighted by atomic mass is 9.57. The molecule has 1 aromatic heterocycles. The summed E-state index contributed by atoms with van der Waals surface area (Å²) >= 11 is 0. The summed E-state index contributed by atoms with van der Waals surface area (Å²) in [5, 5.41) is 0. The number of rotatable bonds is 0. The summed E-state index contributed by atoms with van der Waals surface area (Å²) in [5.41, 5.74) is 4.30. The van der Waals surface area contributed by atoms with Crippen molar-refractivity contribution in [3.63, 3.8) is 0 Å². The predicted octanol–water partition coefficient (Wildman–Crippen LogP) is 3.86. The Hall–Kier alpha value is -1.96. The number of benzene rings is 1. The zero-order chi connectivity index (χ0) is 13.7. The van der Waals surface area contributed by atoms with E-state index in [0.29, 0.717) is 12.2 Å². The molecule has 0 aliphatic heterocycles. The molecule has 0 saturated heterocycles. The molecule has 100 valence electrons. The van der Waals surface area contributed by atoms with Crippen LogP contribution in [0.1, 0.15) is 43.4 Å². The minimum Gasteiger partial charge on any atom is -0.299 e. The van der Waals surface area contributed by atoms with Gasteiger partial charge in [0.25, 0.3) is 0 Å². The standard InChI is InChI=1S/C18H17NO/c1-18-14-8-3-2-6-12(14)13-7-5-11-19-17(13)15(18)9-4-10-16(18)20/h2-3,5-8,11,15H,4,9-10H2,1H3/t15-,18+/m1/s1. The molecule has 0 N–H and O–H groups in total. The monoisotopic (exact) mass is 263 g/mol. The van der Waals surface area contributed by atoms with E-state index in [2.05, 4.69) is 30.1 Å². The number of carbonyl (C=O) groups excluding carboxylic acids is 1. The number of aromatic nitrogens is 1. The fraction of sp³-hybridized carbons (Fsp3) is 0.333. The summed E-state index contributed by atoms with van der Waals surface area (Å²) < 4.78 is 0. The average molecular weight is 263 g/mol. The number of Topliss-reactive ketones (excluding diaryl/α,β-unsaturated/α-hetero) is 1. The van der Waals surface area contributed by atoms with Crippen molar-refractivity contribution in [2.45, 2.75) is 37.5 Å². The minimum atomic E-state index is -0.393. The van der Waals surface area contributed by atoms with E-state index < -0.39 is 5.41 Å². The van der Waals surface area contributed by atoms with Gasteiger partial charge in [-0.3, -0.25) is 9.78 Å². The van der Waals surface area contributed by atoms with Gasteiger partial charge in [0.05, 0.1) is 11.1 Å². The van der Waals surface area contributed by atoms with Gasteiger partial charge in [0.1, 0.15) is 5.78 Å². The molecule has 1 saturated carbocycles. The number of hydrogen-bond acceptors (Lipinski definition) is 2. The molecule has 0 bridgehead atoms. The summed E-state index contributed by atoms with van der Waals surface area (Å²) in [4.78, 5) is 17.3. The maximum atomic E-state index is 12.7. The third-order valence-corrected chi connectivity index (χ3v) is 5.12. The second-order valence-corrected chi connectivity index (χ2v) is 6.05. The highest BCUT2D eigenvalue weighted by Crippen LogP contribution is 2.54. The molecule has 0 amide bonds. The van der Waals surface area contributed by atoms with E-state index in [4.69, 9.17) is 0 Å². The largest absolute Gasteiger partial charge is 0.299 e. The summed E-state index contributed by atoms with van der Waals surface area (Å²) in [6.45, 7) is 2.12. The Morgan fingerprint density at radius 2 is 1.95 bits per heavy atom. The molecular weight excluding hydrogens is 246 g/mol. The van der Waals surface area contributed by atoms with E-state index in [-0.39, 0.29) is 5.92 Å². The Balaban J connectivity index is 2.08. The molecule has 1 fully saturated rings. The molecule has 2 nitrogen and oxygen atoms in total. The molecule has 2 aliphatic carbocycles. The van der Waals surface area contributed by atoms with Crippen molar-refractivity contribution in [3.05, 3.63) is 53.9 Å². The summed E-state index contributed by atoms with van der Waals surface area (Å²) in [7, 11) is 0. The molecule has 0 radical (unpaired) electrons. The molecule has 2 aromatic rings. The van der Waals surface area contributed by atoms with E-state index in [1.165, 1.54) is 16.7 Å². The van der Waals surface area contributed by atoms with Crippen LogP contribution in [0.4, 0.5) is 0 Å². The van der Waals surface area contributed by atoms with Gasteiger partial charge in [0.15, 0.2) is 0 Å². The van der Waals surface area contributed by atoms with Crippen LogP contribution in [0, 0.1) is 0 Å². The maximum Gasteiger partial charge on any atom is 0.143 e. The van der Waals surface area contributed by atoms with Crippen molar-refractivity contribution >= 4 is 5.78 Å². The van der Waals surface area contributed by atoms with E-state index in [0.717, 1.165) is 18.5 Å². The van der Waals surface area contributed by atoms with Crippen LogP contribution >= 0.6 is 0 Å². The Morgan fingerprint density at radius 3 is 2.85 bits per heavy atom. The van der Waals surface area contributed by atoms with E-state index in [1.807, 2.05) is 24.4 Å². The van der Waals surface area contributed by atoms with Crippen molar-refractivity contribution in [2.75, 3.05) is 0 Å². The van der Waals surface area contributed by atoms with Crippen LogP contribution < -0.4 is 0 Å². The molecule has 2 atom stereocenters. The van der Waals surface area contributed by atoms with Gasteiger partial charge in [-0.1, -0.05) is 30.3 Å². The van der Waals surface area contributed by atoms with Crippen molar-refractivity contribution in [3.8, 4) is 11.1 Å². The van der Waals surface area contributed by atoms with Crippen LogP contribution in [-0.4, -0.2) is 10.8 Å². The van der Waals surface area contributed by atoms with E-state index >= 15 is 0 Å². The second kappa shape index (κ2) is 4.02. The number of carbonyl (C=O) groups is 1. The Morgan fingerprint density at radius 1 is 1.15 bits per heavy atom. The lowest BCUT2D eigenvalue weighted by Gasteiger charge is -2.45. The molecular formula is C18H17NO. The molecule has 2 heteroatoms. The predicted molar refractivity (Wildman–Crippen MR) is 78.6 cm³/mol. The number of nitrogens with zero attached hydrogens (tertiary/aromatic N) is 1. The van der Waals surface area contributed by atoms with Gasteiger partial charge in [-0.15, -0.1) is 0 Å². The van der Waals surface area contributed by atoms with Gasteiger partial charge in [-0.2, -0.15) is 0 Å². The third kappa shape index (κ3) is 1.34. The molecule has 4 rings (SSSR count).